The van der Waals surface area contributed by atoms with Crippen LogP contribution in [0.5, 0.6) is 0 Å². The van der Waals surface area contributed by atoms with E-state index in [0.29, 0.717) is 59.6 Å². The summed E-state index contributed by atoms with van der Waals surface area (Å²) in [6, 6.07) is 7.80. The van der Waals surface area contributed by atoms with Crippen molar-refractivity contribution in [3.05, 3.63) is 116 Å². The molecule has 0 spiro atoms. The van der Waals surface area contributed by atoms with Crippen molar-refractivity contribution in [3.8, 4) is 11.8 Å². The van der Waals surface area contributed by atoms with Crippen LogP contribution in [0, 0.1) is 11.8 Å². The molecule has 474 valence electrons. The summed E-state index contributed by atoms with van der Waals surface area (Å²) in [4.78, 5) is 77.7. The quantitative estimate of drug-likeness (QED) is 0.0125. The van der Waals surface area contributed by atoms with E-state index in [1.54, 1.807) is 60.6 Å². The Morgan fingerprint density at radius 1 is 0.849 bits per heavy atom. The maximum Gasteiger partial charge on any atom is 0.490 e. The lowest BCUT2D eigenvalue weighted by Gasteiger charge is -2.30. The van der Waals surface area contributed by atoms with Gasteiger partial charge in [0, 0.05) is 60.1 Å². The Kier molecular flexibility index (Phi) is 22.2. The van der Waals surface area contributed by atoms with Gasteiger partial charge < -0.3 is 39.1 Å². The third-order valence-corrected chi connectivity index (χ3v) is 20.9. The van der Waals surface area contributed by atoms with Crippen molar-refractivity contribution >= 4 is 86.9 Å². The number of carbonyl (C=O) groups is 1. The van der Waals surface area contributed by atoms with Crippen molar-refractivity contribution in [2.24, 2.45) is 0 Å². The van der Waals surface area contributed by atoms with E-state index in [-0.39, 0.29) is 62.2 Å². The number of ether oxygens (including phenoxy) is 1. The fourth-order valence-electron chi connectivity index (χ4n) is 10.0. The number of anilines is 1. The van der Waals surface area contributed by atoms with E-state index in [4.69, 9.17) is 14.5 Å². The number of H-pyrrole nitrogens is 1. The first-order valence-corrected chi connectivity index (χ1v) is 36.3. The number of aromatic nitrogens is 2. The van der Waals surface area contributed by atoms with Gasteiger partial charge in [-0.05, 0) is 94.8 Å². The van der Waals surface area contributed by atoms with Crippen LogP contribution in [-0.4, -0.2) is 141 Å². The molecule has 2 aromatic carbocycles. The molecule has 0 bridgehead atoms. The number of nitrogens with one attached hydrogen (secondary N) is 2. The van der Waals surface area contributed by atoms with Crippen LogP contribution in [0.4, 0.5) is 11.4 Å². The first-order valence-electron chi connectivity index (χ1n) is 25.7. The Hall–Kier alpha value is -5.15. The van der Waals surface area contributed by atoms with Crippen LogP contribution in [0.2, 0.25) is 0 Å². The van der Waals surface area contributed by atoms with E-state index in [2.05, 4.69) is 35.3 Å². The summed E-state index contributed by atoms with van der Waals surface area (Å²) in [5, 5.41) is 2.60. The smallest absolute Gasteiger partial charge is 0.490 e. The summed E-state index contributed by atoms with van der Waals surface area (Å²) in [7, 11) is -35.2. The summed E-state index contributed by atoms with van der Waals surface area (Å²) in [6.45, 7) is 4.44. The van der Waals surface area contributed by atoms with E-state index < -0.39 is 127 Å². The molecule has 1 fully saturated rings. The molecule has 1 aromatic heterocycles. The van der Waals surface area contributed by atoms with E-state index in [1.165, 1.54) is 30.3 Å². The molecule has 0 aliphatic carbocycles. The van der Waals surface area contributed by atoms with Crippen molar-refractivity contribution in [2.45, 2.75) is 112 Å². The van der Waals surface area contributed by atoms with Gasteiger partial charge in [0.1, 0.15) is 28.5 Å². The van der Waals surface area contributed by atoms with Gasteiger partial charge in [-0.2, -0.15) is 38.5 Å². The second-order valence-electron chi connectivity index (χ2n) is 20.5. The second-order valence-corrected chi connectivity index (χ2v) is 30.9. The van der Waals surface area contributed by atoms with Crippen LogP contribution in [0.1, 0.15) is 101 Å². The largest absolute Gasteiger partial charge is 0.744 e. The highest BCUT2D eigenvalue weighted by molar-refractivity contribution is 7.86. The van der Waals surface area contributed by atoms with Crippen LogP contribution in [0.15, 0.2) is 98.1 Å². The average molecular weight is 1350 g/mol. The molecular formula is C48H62N5O26P3S4. The number of rotatable bonds is 28. The SMILES string of the molecule is CC1(C)C(C=CC=CC=C2N(CCCS(=O)(=O)O)c3ccc(S(=O)(=O)[O-])cc3C2(C)CCCCCC(=O)NCC#Cc2cn([C@H]3CC[C@@H](COP(=O)(O)OP(=O)(O)OP(=O)(O)O)O3)c(=O)[nH]c2=O)=[N+](CCCS(=O)(=O)O)c2ccc(S(=O)(=O)O)cc21. The monoisotopic (exact) mass is 1350 g/mol. The molecule has 0 saturated carbocycles. The summed E-state index contributed by atoms with van der Waals surface area (Å²) >= 11 is 0. The summed E-state index contributed by atoms with van der Waals surface area (Å²) in [5.41, 5.74) is -0.998. The topological polar surface area (TPSA) is 480 Å². The van der Waals surface area contributed by atoms with Crippen molar-refractivity contribution < 1.29 is 112 Å². The second kappa shape index (κ2) is 27.3. The van der Waals surface area contributed by atoms with Gasteiger partial charge in [0.25, 0.3) is 35.9 Å². The Morgan fingerprint density at radius 2 is 1.51 bits per heavy atom. The zero-order chi connectivity index (χ0) is 64.1. The van der Waals surface area contributed by atoms with Gasteiger partial charge >= 0.3 is 29.2 Å². The molecule has 3 aliphatic rings. The number of nitrogens with zero attached hydrogens (tertiary/aromatic N) is 3. The van der Waals surface area contributed by atoms with Crippen LogP contribution in [-0.2, 0) is 87.7 Å². The fraction of sp³-hybridized carbons (Fsp3) is 0.458. The van der Waals surface area contributed by atoms with Crippen molar-refractivity contribution in [1.82, 2.24) is 14.9 Å². The van der Waals surface area contributed by atoms with E-state index in [9.17, 15) is 89.7 Å². The highest BCUT2D eigenvalue weighted by atomic mass is 32.2. The molecule has 0 radical (unpaired) electrons. The number of fused-ring (bicyclic) bond motifs is 2. The maximum absolute atomic E-state index is 12.9. The highest BCUT2D eigenvalue weighted by Gasteiger charge is 2.46. The number of phosphoric acid groups is 3. The molecule has 3 aliphatic heterocycles. The van der Waals surface area contributed by atoms with Gasteiger partial charge in [0.05, 0.1) is 46.0 Å². The van der Waals surface area contributed by atoms with Crippen LogP contribution < -0.4 is 21.5 Å². The number of amides is 1. The maximum atomic E-state index is 12.9. The number of hydrogen-bond acceptors (Lipinski definition) is 20. The highest BCUT2D eigenvalue weighted by Crippen LogP contribution is 2.66. The number of carbonyl (C=O) groups excluding carboxylic acids is 1. The fourth-order valence-corrected chi connectivity index (χ4v) is 15.0. The third-order valence-electron chi connectivity index (χ3n) is 13.8. The van der Waals surface area contributed by atoms with E-state index >= 15 is 0 Å². The van der Waals surface area contributed by atoms with E-state index in [1.807, 2.05) is 0 Å². The van der Waals surface area contributed by atoms with Gasteiger partial charge in [0.15, 0.2) is 5.71 Å². The van der Waals surface area contributed by atoms with Gasteiger partial charge in [-0.25, -0.2) is 26.9 Å². The lowest BCUT2D eigenvalue weighted by Crippen LogP contribution is -2.33. The van der Waals surface area contributed by atoms with Crippen molar-refractivity contribution in [2.75, 3.05) is 42.6 Å². The minimum Gasteiger partial charge on any atom is -0.744 e. The number of unbranched alkanes of at least 4 members (excludes halogenated alkanes) is 2. The molecular weight excluding hydrogens is 1280 g/mol. The Labute approximate surface area is 493 Å². The van der Waals surface area contributed by atoms with Gasteiger partial charge in [-0.3, -0.25) is 37.3 Å². The van der Waals surface area contributed by atoms with Gasteiger partial charge in [0.2, 0.25) is 11.6 Å². The molecule has 9 N–H and O–H groups in total. The standard InChI is InChI=1S/C48H62N5O26P3S4/c1-47(2)37-29-35(85(70,71)72)18-20-39(37)51(25-11-27-83(64,65)66)41(47)14-6-4-7-15-42-48(3,38-30-36(86(73,74)75)19-21-40(38)52(42)26-12-28-84(67,68)69)23-9-5-8-16-43(54)49-24-10-13-33-31-53(46(56)50-45(33)55)44-22-17-34(77-44)32-76-81(60,61)79-82(62,63)78-80(57,58)59/h4,6-7,14-15,18-21,29-31,34,44H,5,8-9,11-12,16-17,22-28,32H2,1-3H3,(H9-,49,50,54,55,56,57,58,59,60,61,62,63,64,65,66,67,68,69,70,71,72,73,74,75)/t34-,44+,48?/m0/s1. The van der Waals surface area contributed by atoms with Gasteiger partial charge in [-0.1, -0.05) is 42.9 Å². The number of benzene rings is 2. The molecule has 5 atom stereocenters. The minimum absolute atomic E-state index is 0.00134. The van der Waals surface area contributed by atoms with Crippen LogP contribution in [0.3, 0.4) is 0 Å². The average Bonchev–Trinajstić information content (AvgIpc) is 1.61. The minimum atomic E-state index is -5.77. The summed E-state index contributed by atoms with van der Waals surface area (Å²) < 4.78 is 192. The third kappa shape index (κ3) is 19.2. The van der Waals surface area contributed by atoms with Crippen molar-refractivity contribution in [1.29, 1.82) is 0 Å². The zero-order valence-electron chi connectivity index (χ0n) is 45.9. The first-order chi connectivity index (χ1) is 39.6. The lowest BCUT2D eigenvalue weighted by atomic mass is 9.77. The molecule has 38 heteroatoms. The Balaban J connectivity index is 1.14. The molecule has 1 saturated heterocycles. The molecule has 6 rings (SSSR count). The normalized spacial score (nSPS) is 20.9. The predicted octanol–water partition coefficient (Wildman–Crippen LogP) is 3.53. The van der Waals surface area contributed by atoms with Crippen molar-refractivity contribution in [3.63, 3.8) is 0 Å². The molecule has 4 heterocycles. The summed E-state index contributed by atoms with van der Waals surface area (Å²) in [5.74, 6) is 3.54. The number of hydrogen-bond donors (Lipinski definition) is 9. The molecule has 86 heavy (non-hydrogen) atoms. The van der Waals surface area contributed by atoms with Crippen LogP contribution >= 0.6 is 23.5 Å². The Bertz CT molecular complexity index is 4070. The molecule has 3 aromatic rings. The molecule has 31 nitrogen and oxygen atoms in total. The van der Waals surface area contributed by atoms with Crippen LogP contribution in [0.25, 0.3) is 0 Å². The number of allylic oxidation sites excluding steroid dienone is 6. The number of phosphoric ester groups is 1. The summed E-state index contributed by atoms with van der Waals surface area (Å²) in [6.07, 6.45) is 8.79. The zero-order valence-corrected chi connectivity index (χ0v) is 51.8. The van der Waals surface area contributed by atoms with E-state index in [0.717, 1.165) is 16.8 Å². The Morgan fingerprint density at radius 3 is 2.16 bits per heavy atom. The predicted molar refractivity (Wildman–Crippen MR) is 304 cm³/mol. The molecule has 1 amide bonds. The molecule has 3 unspecified atom stereocenters. The van der Waals surface area contributed by atoms with Gasteiger partial charge in [-0.15, -0.1) is 0 Å². The number of aromatic amines is 1. The first kappa shape index (κ1) is 69.9. The lowest BCUT2D eigenvalue weighted by molar-refractivity contribution is -0.437.